The number of halogens is 1. The first-order chi connectivity index (χ1) is 11.0. The Balaban J connectivity index is 0.00000288. The zero-order valence-electron chi connectivity index (χ0n) is 14.4. The summed E-state index contributed by atoms with van der Waals surface area (Å²) in [5, 5.41) is 5.24. The lowest BCUT2D eigenvalue weighted by Gasteiger charge is -2.14. The maximum Gasteiger partial charge on any atom is 0.188 e. The van der Waals surface area contributed by atoms with Crippen LogP contribution in [0.5, 0.6) is 5.75 Å². The minimum atomic E-state index is 0. The normalized spacial score (nSPS) is 11.2. The van der Waals surface area contributed by atoms with Crippen molar-refractivity contribution in [1.82, 2.24) is 5.32 Å². The van der Waals surface area contributed by atoms with Gasteiger partial charge in [0.2, 0.25) is 0 Å². The predicted octanol–water partition coefficient (Wildman–Crippen LogP) is 4.11. The van der Waals surface area contributed by atoms with Gasteiger partial charge < -0.3 is 15.8 Å². The third-order valence-electron chi connectivity index (χ3n) is 3.26. The molecule has 0 fully saturated rings. The van der Waals surface area contributed by atoms with Crippen molar-refractivity contribution in [2.75, 3.05) is 6.54 Å². The third kappa shape index (κ3) is 7.09. The molecule has 0 aliphatic rings. The molecule has 0 saturated heterocycles. The summed E-state index contributed by atoms with van der Waals surface area (Å²) < 4.78 is 5.86. The van der Waals surface area contributed by atoms with Crippen LogP contribution in [-0.2, 0) is 13.0 Å². The van der Waals surface area contributed by atoms with E-state index < -0.39 is 0 Å². The lowest BCUT2D eigenvalue weighted by Crippen LogP contribution is -2.33. The van der Waals surface area contributed by atoms with Crippen molar-refractivity contribution < 1.29 is 4.74 Å². The van der Waals surface area contributed by atoms with Crippen LogP contribution in [0.3, 0.4) is 0 Å². The highest BCUT2D eigenvalue weighted by Crippen LogP contribution is 2.22. The topological polar surface area (TPSA) is 59.6 Å². The molecule has 2 rings (SSSR count). The molecule has 0 aliphatic carbocycles. The first-order valence-electron chi connectivity index (χ1n) is 7.87. The number of thiophene rings is 1. The lowest BCUT2D eigenvalue weighted by atomic mass is 10.1. The van der Waals surface area contributed by atoms with Crippen molar-refractivity contribution >= 4 is 41.3 Å². The van der Waals surface area contributed by atoms with E-state index in [1.807, 2.05) is 19.9 Å². The Morgan fingerprint density at radius 1 is 1.33 bits per heavy atom. The fraction of sp³-hybridized carbons (Fsp3) is 0.389. The Labute approximate surface area is 165 Å². The summed E-state index contributed by atoms with van der Waals surface area (Å²) in [7, 11) is 0. The van der Waals surface area contributed by atoms with Gasteiger partial charge in [0, 0.05) is 17.0 Å². The zero-order chi connectivity index (χ0) is 16.7. The molecule has 24 heavy (non-hydrogen) atoms. The van der Waals surface area contributed by atoms with Gasteiger partial charge in [0.05, 0.1) is 12.6 Å². The van der Waals surface area contributed by atoms with Crippen LogP contribution in [0.1, 0.15) is 29.9 Å². The minimum Gasteiger partial charge on any atom is -0.491 e. The molecule has 0 aliphatic heterocycles. The molecule has 0 bridgehead atoms. The molecule has 132 valence electrons. The van der Waals surface area contributed by atoms with Crippen LogP contribution in [0.15, 0.2) is 40.7 Å². The summed E-state index contributed by atoms with van der Waals surface area (Å²) in [5.41, 5.74) is 8.17. The largest absolute Gasteiger partial charge is 0.491 e. The summed E-state index contributed by atoms with van der Waals surface area (Å²) >= 11 is 1.76. The number of ether oxygens (including phenoxy) is 1. The van der Waals surface area contributed by atoms with Crippen molar-refractivity contribution in [1.29, 1.82) is 0 Å². The van der Waals surface area contributed by atoms with Crippen molar-refractivity contribution in [3.05, 3.63) is 51.7 Å². The number of aryl methyl sites for hydroxylation is 1. The molecule has 4 nitrogen and oxygen atoms in total. The van der Waals surface area contributed by atoms with E-state index in [4.69, 9.17) is 10.5 Å². The van der Waals surface area contributed by atoms with E-state index in [0.29, 0.717) is 12.5 Å². The lowest BCUT2D eigenvalue weighted by molar-refractivity contribution is 0.240. The Morgan fingerprint density at radius 3 is 2.79 bits per heavy atom. The molecule has 6 heteroatoms. The smallest absolute Gasteiger partial charge is 0.188 e. The highest BCUT2D eigenvalue weighted by Gasteiger charge is 2.06. The number of hydrogen-bond acceptors (Lipinski definition) is 3. The molecule has 0 saturated carbocycles. The predicted molar refractivity (Wildman–Crippen MR) is 114 cm³/mol. The Hall–Kier alpha value is -1.28. The number of aliphatic imine (C=N–C) groups is 1. The van der Waals surface area contributed by atoms with Crippen LogP contribution in [0.25, 0.3) is 0 Å². The van der Waals surface area contributed by atoms with E-state index in [2.05, 4.69) is 46.9 Å². The van der Waals surface area contributed by atoms with Crippen molar-refractivity contribution in [2.45, 2.75) is 39.8 Å². The molecule has 0 spiro atoms. The first-order valence-corrected chi connectivity index (χ1v) is 8.75. The van der Waals surface area contributed by atoms with Crippen molar-refractivity contribution in [3.63, 3.8) is 0 Å². The van der Waals surface area contributed by atoms with Crippen LogP contribution in [0, 0.1) is 6.92 Å². The van der Waals surface area contributed by atoms with Gasteiger partial charge in [-0.25, -0.2) is 4.99 Å². The standard InChI is InChI=1S/C18H25N3OS.HI/c1-13(2)22-17-11-14(3)6-7-15(17)12-21-18(19)20-9-8-16-5-4-10-23-16;/h4-7,10-11,13H,8-9,12H2,1-3H3,(H3,19,20,21);1H. The molecular formula is C18H26IN3OS. The second kappa shape index (κ2) is 10.6. The van der Waals surface area contributed by atoms with Crippen LogP contribution >= 0.6 is 35.3 Å². The molecule has 0 amide bonds. The van der Waals surface area contributed by atoms with E-state index in [-0.39, 0.29) is 30.1 Å². The zero-order valence-corrected chi connectivity index (χ0v) is 17.6. The summed E-state index contributed by atoms with van der Waals surface area (Å²) in [5.74, 6) is 1.35. The van der Waals surface area contributed by atoms with Crippen LogP contribution in [0.2, 0.25) is 0 Å². The summed E-state index contributed by atoms with van der Waals surface area (Å²) in [6, 6.07) is 10.4. The molecule has 1 heterocycles. The number of guanidine groups is 1. The summed E-state index contributed by atoms with van der Waals surface area (Å²) in [6.45, 7) is 7.41. The Morgan fingerprint density at radius 2 is 2.12 bits per heavy atom. The van der Waals surface area contributed by atoms with E-state index >= 15 is 0 Å². The molecule has 1 aromatic heterocycles. The number of nitrogens with one attached hydrogen (secondary N) is 1. The highest BCUT2D eigenvalue weighted by atomic mass is 127. The van der Waals surface area contributed by atoms with Crippen LogP contribution < -0.4 is 15.8 Å². The van der Waals surface area contributed by atoms with Gasteiger partial charge in [-0.2, -0.15) is 0 Å². The third-order valence-corrected chi connectivity index (χ3v) is 4.20. The minimum absolute atomic E-state index is 0. The van der Waals surface area contributed by atoms with Gasteiger partial charge in [-0.3, -0.25) is 0 Å². The number of hydrogen-bond donors (Lipinski definition) is 2. The number of nitrogens with zero attached hydrogens (tertiary/aromatic N) is 1. The Kier molecular flexibility index (Phi) is 9.13. The molecule has 0 atom stereocenters. The quantitative estimate of drug-likeness (QED) is 0.372. The van der Waals surface area contributed by atoms with Gasteiger partial charge >= 0.3 is 0 Å². The number of rotatable bonds is 7. The van der Waals surface area contributed by atoms with E-state index in [1.165, 1.54) is 10.4 Å². The summed E-state index contributed by atoms with van der Waals surface area (Å²) in [4.78, 5) is 5.76. The monoisotopic (exact) mass is 459 g/mol. The first kappa shape index (κ1) is 20.8. The maximum atomic E-state index is 5.94. The molecule has 3 N–H and O–H groups in total. The van der Waals surface area contributed by atoms with E-state index in [1.54, 1.807) is 11.3 Å². The molecular weight excluding hydrogens is 433 g/mol. The Bertz CT molecular complexity index is 642. The number of benzene rings is 1. The van der Waals surface area contributed by atoms with Crippen LogP contribution in [0.4, 0.5) is 0 Å². The second-order valence-corrected chi connectivity index (χ2v) is 6.77. The van der Waals surface area contributed by atoms with Gasteiger partial charge in [0.15, 0.2) is 5.96 Å². The average molecular weight is 459 g/mol. The van der Waals surface area contributed by atoms with E-state index in [9.17, 15) is 0 Å². The summed E-state index contributed by atoms with van der Waals surface area (Å²) in [6.07, 6.45) is 1.10. The van der Waals surface area contributed by atoms with Crippen molar-refractivity contribution in [2.24, 2.45) is 10.7 Å². The second-order valence-electron chi connectivity index (χ2n) is 5.74. The fourth-order valence-electron chi connectivity index (χ4n) is 2.15. The van der Waals surface area contributed by atoms with Gasteiger partial charge in [-0.05, 0) is 50.3 Å². The fourth-order valence-corrected chi connectivity index (χ4v) is 2.86. The highest BCUT2D eigenvalue weighted by molar-refractivity contribution is 14.0. The van der Waals surface area contributed by atoms with Gasteiger partial charge in [-0.1, -0.05) is 18.2 Å². The molecule has 2 aromatic rings. The van der Waals surface area contributed by atoms with Gasteiger partial charge in [-0.15, -0.1) is 35.3 Å². The van der Waals surface area contributed by atoms with Gasteiger partial charge in [0.25, 0.3) is 0 Å². The molecule has 1 aromatic carbocycles. The molecule has 0 unspecified atom stereocenters. The SMILES string of the molecule is Cc1ccc(CN=C(N)NCCc2cccs2)c(OC(C)C)c1.I. The molecule has 0 radical (unpaired) electrons. The van der Waals surface area contributed by atoms with E-state index in [0.717, 1.165) is 24.3 Å². The van der Waals surface area contributed by atoms with Crippen LogP contribution in [-0.4, -0.2) is 18.6 Å². The van der Waals surface area contributed by atoms with Gasteiger partial charge in [0.1, 0.15) is 5.75 Å². The maximum absolute atomic E-state index is 5.94. The number of nitrogens with two attached hydrogens (primary N) is 1. The average Bonchev–Trinajstić information content (AvgIpc) is 2.99. The van der Waals surface area contributed by atoms with Crippen molar-refractivity contribution in [3.8, 4) is 5.75 Å².